The fourth-order valence-electron chi connectivity index (χ4n) is 1.95. The van der Waals surface area contributed by atoms with Crippen LogP contribution in [0.3, 0.4) is 0 Å². The minimum atomic E-state index is 0.610. The van der Waals surface area contributed by atoms with Crippen molar-refractivity contribution >= 4 is 17.3 Å². The quantitative estimate of drug-likeness (QED) is 0.651. The largest absolute Gasteiger partial charge is 0.399 e. The Labute approximate surface area is 117 Å². The van der Waals surface area contributed by atoms with Crippen LogP contribution in [-0.2, 0) is 6.54 Å². The van der Waals surface area contributed by atoms with Crippen LogP contribution in [0.4, 0.5) is 5.69 Å². The molecule has 0 amide bonds. The summed E-state index contributed by atoms with van der Waals surface area (Å²) in [5.74, 6) is 0.675. The third kappa shape index (κ3) is 3.44. The zero-order chi connectivity index (χ0) is 13.7. The molecule has 2 aromatic rings. The molecule has 0 spiro atoms. The number of halogens is 1. The van der Waals surface area contributed by atoms with Gasteiger partial charge < -0.3 is 5.73 Å². The monoisotopic (exact) mass is 279 g/mol. The highest BCUT2D eigenvalue weighted by molar-refractivity contribution is 6.33. The Bertz CT molecular complexity index is 538. The lowest BCUT2D eigenvalue weighted by molar-refractivity contribution is 0.531. The van der Waals surface area contributed by atoms with E-state index in [9.17, 15) is 0 Å². The van der Waals surface area contributed by atoms with E-state index in [4.69, 9.17) is 17.3 Å². The maximum Gasteiger partial charge on any atom is 0.183 e. The maximum absolute atomic E-state index is 6.18. The van der Waals surface area contributed by atoms with Crippen molar-refractivity contribution in [2.45, 2.75) is 39.2 Å². The molecule has 2 rings (SSSR count). The molecular formula is C13H18ClN5. The Morgan fingerprint density at radius 3 is 2.89 bits per heavy atom. The summed E-state index contributed by atoms with van der Waals surface area (Å²) in [6.07, 6.45) is 4.69. The van der Waals surface area contributed by atoms with Gasteiger partial charge in [-0.15, -0.1) is 5.10 Å². The van der Waals surface area contributed by atoms with Crippen LogP contribution in [0.15, 0.2) is 18.2 Å². The van der Waals surface area contributed by atoms with Gasteiger partial charge in [-0.2, -0.15) is 0 Å². The molecule has 5 nitrogen and oxygen atoms in total. The van der Waals surface area contributed by atoms with Crippen LogP contribution >= 0.6 is 11.6 Å². The van der Waals surface area contributed by atoms with Gasteiger partial charge in [0.2, 0.25) is 0 Å². The van der Waals surface area contributed by atoms with Crippen molar-refractivity contribution in [3.8, 4) is 11.4 Å². The predicted molar refractivity (Wildman–Crippen MR) is 76.8 cm³/mol. The molecule has 102 valence electrons. The van der Waals surface area contributed by atoms with Crippen LogP contribution in [-0.4, -0.2) is 20.2 Å². The van der Waals surface area contributed by atoms with Crippen LogP contribution in [0.5, 0.6) is 0 Å². The van der Waals surface area contributed by atoms with Crippen LogP contribution in [0.1, 0.15) is 32.6 Å². The molecule has 0 radical (unpaired) electrons. The SMILES string of the molecule is CCCCCCn1nnnc1-c1cc(N)ccc1Cl. The van der Waals surface area contributed by atoms with Gasteiger partial charge in [-0.25, -0.2) is 4.68 Å². The topological polar surface area (TPSA) is 69.6 Å². The summed E-state index contributed by atoms with van der Waals surface area (Å²) >= 11 is 6.18. The number of aromatic nitrogens is 4. The second kappa shape index (κ2) is 6.52. The second-order valence-electron chi connectivity index (χ2n) is 4.53. The second-order valence-corrected chi connectivity index (χ2v) is 4.93. The summed E-state index contributed by atoms with van der Waals surface area (Å²) in [7, 11) is 0. The number of hydrogen-bond donors (Lipinski definition) is 1. The summed E-state index contributed by atoms with van der Waals surface area (Å²) in [6.45, 7) is 2.99. The molecule has 0 saturated carbocycles. The Morgan fingerprint density at radius 1 is 1.26 bits per heavy atom. The summed E-state index contributed by atoms with van der Waals surface area (Å²) in [4.78, 5) is 0. The highest BCUT2D eigenvalue weighted by Crippen LogP contribution is 2.27. The van der Waals surface area contributed by atoms with Crippen molar-refractivity contribution in [3.63, 3.8) is 0 Å². The Balaban J connectivity index is 2.16. The van der Waals surface area contributed by atoms with E-state index in [0.29, 0.717) is 16.5 Å². The highest BCUT2D eigenvalue weighted by Gasteiger charge is 2.12. The van der Waals surface area contributed by atoms with E-state index in [0.717, 1.165) is 18.5 Å². The Morgan fingerprint density at radius 2 is 2.11 bits per heavy atom. The number of unbranched alkanes of at least 4 members (excludes halogenated alkanes) is 3. The first kappa shape index (κ1) is 13.8. The molecule has 0 atom stereocenters. The first-order valence-electron chi connectivity index (χ1n) is 6.54. The first-order chi connectivity index (χ1) is 9.22. The van der Waals surface area contributed by atoms with E-state index in [-0.39, 0.29) is 0 Å². The predicted octanol–water partition coefficient (Wildman–Crippen LogP) is 3.16. The number of hydrogen-bond acceptors (Lipinski definition) is 4. The van der Waals surface area contributed by atoms with E-state index in [1.165, 1.54) is 19.3 Å². The van der Waals surface area contributed by atoms with Crippen molar-refractivity contribution in [2.75, 3.05) is 5.73 Å². The van der Waals surface area contributed by atoms with E-state index in [1.807, 2.05) is 0 Å². The van der Waals surface area contributed by atoms with Crippen LogP contribution < -0.4 is 5.73 Å². The number of benzene rings is 1. The molecule has 0 saturated heterocycles. The van der Waals surface area contributed by atoms with Gasteiger partial charge in [0.1, 0.15) is 0 Å². The van der Waals surface area contributed by atoms with Gasteiger partial charge in [0.15, 0.2) is 5.82 Å². The van der Waals surface area contributed by atoms with E-state index >= 15 is 0 Å². The Hall–Kier alpha value is -1.62. The van der Waals surface area contributed by atoms with Crippen molar-refractivity contribution in [1.82, 2.24) is 20.2 Å². The maximum atomic E-state index is 6.18. The lowest BCUT2D eigenvalue weighted by Gasteiger charge is -2.06. The summed E-state index contributed by atoms with van der Waals surface area (Å²) in [5.41, 5.74) is 7.22. The molecule has 2 N–H and O–H groups in total. The lowest BCUT2D eigenvalue weighted by atomic mass is 10.2. The van der Waals surface area contributed by atoms with E-state index < -0.39 is 0 Å². The van der Waals surface area contributed by atoms with Crippen LogP contribution in [0.25, 0.3) is 11.4 Å². The number of aryl methyl sites for hydroxylation is 1. The molecule has 0 aliphatic heterocycles. The molecule has 0 aliphatic carbocycles. The zero-order valence-corrected chi connectivity index (χ0v) is 11.8. The average Bonchev–Trinajstić information content (AvgIpc) is 2.86. The van der Waals surface area contributed by atoms with E-state index in [1.54, 1.807) is 22.9 Å². The molecule has 1 aromatic carbocycles. The van der Waals surface area contributed by atoms with Gasteiger partial charge in [0.25, 0.3) is 0 Å². The van der Waals surface area contributed by atoms with Gasteiger partial charge in [-0.1, -0.05) is 37.8 Å². The first-order valence-corrected chi connectivity index (χ1v) is 6.91. The van der Waals surface area contributed by atoms with Crippen molar-refractivity contribution in [3.05, 3.63) is 23.2 Å². The van der Waals surface area contributed by atoms with Crippen molar-refractivity contribution in [2.24, 2.45) is 0 Å². The third-order valence-corrected chi connectivity index (χ3v) is 3.32. The number of anilines is 1. The number of nitrogen functional groups attached to an aromatic ring is 1. The number of nitrogens with two attached hydrogens (primary N) is 1. The Kier molecular flexibility index (Phi) is 4.74. The molecule has 19 heavy (non-hydrogen) atoms. The number of nitrogens with zero attached hydrogens (tertiary/aromatic N) is 4. The van der Waals surface area contributed by atoms with Crippen LogP contribution in [0.2, 0.25) is 5.02 Å². The standard InChI is InChI=1S/C13H18ClN5/c1-2-3-4-5-8-19-13(16-17-18-19)11-9-10(15)6-7-12(11)14/h6-7,9H,2-5,8,15H2,1H3. The molecule has 0 unspecified atom stereocenters. The van der Waals surface area contributed by atoms with Crippen molar-refractivity contribution in [1.29, 1.82) is 0 Å². The smallest absolute Gasteiger partial charge is 0.183 e. The average molecular weight is 280 g/mol. The molecule has 1 heterocycles. The molecule has 0 fully saturated rings. The van der Waals surface area contributed by atoms with Gasteiger partial charge in [0.05, 0.1) is 5.02 Å². The summed E-state index contributed by atoms with van der Waals surface area (Å²) in [5, 5.41) is 12.4. The molecule has 0 aliphatic rings. The molecule has 6 heteroatoms. The van der Waals surface area contributed by atoms with Crippen LogP contribution in [0, 0.1) is 0 Å². The lowest BCUT2D eigenvalue weighted by Crippen LogP contribution is -2.03. The van der Waals surface area contributed by atoms with E-state index in [2.05, 4.69) is 22.4 Å². The van der Waals surface area contributed by atoms with Gasteiger partial charge in [-0.05, 0) is 35.0 Å². The minimum absolute atomic E-state index is 0.610. The number of rotatable bonds is 6. The normalized spacial score (nSPS) is 10.8. The molecule has 0 bridgehead atoms. The molecular weight excluding hydrogens is 262 g/mol. The zero-order valence-electron chi connectivity index (χ0n) is 11.0. The van der Waals surface area contributed by atoms with Crippen molar-refractivity contribution < 1.29 is 0 Å². The van der Waals surface area contributed by atoms with Gasteiger partial charge >= 0.3 is 0 Å². The third-order valence-electron chi connectivity index (χ3n) is 2.99. The summed E-state index contributed by atoms with van der Waals surface area (Å²) in [6, 6.07) is 5.33. The fraction of sp³-hybridized carbons (Fsp3) is 0.462. The summed E-state index contributed by atoms with van der Waals surface area (Å²) < 4.78 is 1.79. The van der Waals surface area contributed by atoms with Gasteiger partial charge in [0, 0.05) is 17.8 Å². The minimum Gasteiger partial charge on any atom is -0.399 e. The number of tetrazole rings is 1. The van der Waals surface area contributed by atoms with Gasteiger partial charge in [-0.3, -0.25) is 0 Å². The molecule has 1 aromatic heterocycles. The fourth-order valence-corrected chi connectivity index (χ4v) is 2.15. The highest BCUT2D eigenvalue weighted by atomic mass is 35.5.